The van der Waals surface area contributed by atoms with E-state index in [-0.39, 0.29) is 12.6 Å². The average Bonchev–Trinajstić information content (AvgIpc) is 2.78. The summed E-state index contributed by atoms with van der Waals surface area (Å²) in [6.07, 6.45) is 3.46. The Kier molecular flexibility index (Phi) is 6.63. The van der Waals surface area contributed by atoms with Crippen molar-refractivity contribution in [2.45, 2.75) is 20.5 Å². The molecule has 4 rings (SSSR count). The minimum Gasteiger partial charge on any atom is -0.455 e. The van der Waals surface area contributed by atoms with E-state index in [0.717, 1.165) is 30.2 Å². The van der Waals surface area contributed by atoms with Crippen LogP contribution in [0.5, 0.6) is 6.01 Å². The van der Waals surface area contributed by atoms with E-state index in [1.54, 1.807) is 12.4 Å². The molecule has 0 unspecified atom stereocenters. The molecule has 0 radical (unpaired) electrons. The zero-order chi connectivity index (χ0) is 21.5. The third-order valence-electron chi connectivity index (χ3n) is 4.64. The molecule has 0 aliphatic carbocycles. The molecule has 1 N–H and O–H groups in total. The minimum absolute atomic E-state index is 0.181. The fraction of sp³-hybridized carbons (Fsp3) is 0.318. The first-order valence-corrected chi connectivity index (χ1v) is 10.1. The van der Waals surface area contributed by atoms with Gasteiger partial charge in [0.05, 0.1) is 19.4 Å². The lowest BCUT2D eigenvalue weighted by Crippen LogP contribution is -2.36. The van der Waals surface area contributed by atoms with Crippen molar-refractivity contribution in [2.75, 3.05) is 36.6 Å². The summed E-state index contributed by atoms with van der Waals surface area (Å²) >= 11 is 0. The number of nitrogens with one attached hydrogen (secondary N) is 1. The molecule has 1 saturated heterocycles. The fourth-order valence-electron chi connectivity index (χ4n) is 3.11. The van der Waals surface area contributed by atoms with Crippen molar-refractivity contribution in [3.63, 3.8) is 0 Å². The summed E-state index contributed by atoms with van der Waals surface area (Å²) in [5.41, 5.74) is 6.05. The summed E-state index contributed by atoms with van der Waals surface area (Å²) < 4.78 is 11.3. The molecule has 3 aromatic rings. The highest BCUT2D eigenvalue weighted by Crippen LogP contribution is 2.21. The molecule has 0 atom stereocenters. The van der Waals surface area contributed by atoms with Gasteiger partial charge in [0.1, 0.15) is 5.82 Å². The number of hydrogen-bond acceptors (Lipinski definition) is 9. The van der Waals surface area contributed by atoms with E-state index in [9.17, 15) is 0 Å². The Morgan fingerprint density at radius 3 is 2.81 bits per heavy atom. The van der Waals surface area contributed by atoms with Crippen molar-refractivity contribution in [3.8, 4) is 6.01 Å². The first-order chi connectivity index (χ1) is 15.2. The molecule has 1 aliphatic heterocycles. The van der Waals surface area contributed by atoms with Crippen molar-refractivity contribution in [1.29, 1.82) is 0 Å². The smallest absolute Gasteiger partial charge is 0.320 e. The molecule has 0 amide bonds. The van der Waals surface area contributed by atoms with E-state index < -0.39 is 0 Å². The Labute approximate surface area is 181 Å². The molecule has 2 aromatic heterocycles. The second kappa shape index (κ2) is 9.94. The first-order valence-electron chi connectivity index (χ1n) is 10.1. The summed E-state index contributed by atoms with van der Waals surface area (Å²) in [5, 5.41) is 4.32. The number of rotatable bonds is 7. The summed E-state index contributed by atoms with van der Waals surface area (Å²) in [6.45, 7) is 6.96. The van der Waals surface area contributed by atoms with E-state index in [0.29, 0.717) is 24.9 Å². The third kappa shape index (κ3) is 5.95. The Hall–Kier alpha value is -3.59. The molecule has 31 heavy (non-hydrogen) atoms. The number of nitrogens with zero attached hydrogens (tertiary/aromatic N) is 6. The minimum atomic E-state index is 0.181. The van der Waals surface area contributed by atoms with Crippen LogP contribution in [0, 0.1) is 13.8 Å². The average molecular weight is 419 g/mol. The molecule has 1 fully saturated rings. The van der Waals surface area contributed by atoms with Crippen molar-refractivity contribution in [3.05, 3.63) is 65.2 Å². The number of benzene rings is 1. The number of ether oxygens (including phenoxy) is 2. The maximum Gasteiger partial charge on any atom is 0.320 e. The van der Waals surface area contributed by atoms with Crippen molar-refractivity contribution in [2.24, 2.45) is 5.10 Å². The lowest BCUT2D eigenvalue weighted by Gasteiger charge is -2.28. The number of anilines is 2. The molecular weight excluding hydrogens is 394 g/mol. The van der Waals surface area contributed by atoms with E-state index in [1.165, 1.54) is 5.56 Å². The number of aryl methyl sites for hydroxylation is 2. The van der Waals surface area contributed by atoms with Gasteiger partial charge in [-0.05, 0) is 25.5 Å². The second-order valence-electron chi connectivity index (χ2n) is 7.18. The lowest BCUT2D eigenvalue weighted by atomic mass is 10.2. The van der Waals surface area contributed by atoms with Gasteiger partial charge in [0.15, 0.2) is 18.2 Å². The van der Waals surface area contributed by atoms with E-state index in [1.807, 2.05) is 44.2 Å². The van der Waals surface area contributed by atoms with Crippen LogP contribution in [0.3, 0.4) is 0 Å². The molecule has 0 saturated carbocycles. The Balaban J connectivity index is 1.52. The molecule has 0 bridgehead atoms. The van der Waals surface area contributed by atoms with Crippen LogP contribution < -0.4 is 15.1 Å². The predicted octanol–water partition coefficient (Wildman–Crippen LogP) is 2.75. The maximum absolute atomic E-state index is 5.80. The maximum atomic E-state index is 5.80. The molecule has 0 spiro atoms. The first kappa shape index (κ1) is 20.7. The van der Waals surface area contributed by atoms with Crippen LogP contribution in [0.2, 0.25) is 0 Å². The SMILES string of the molecule is Cc1cccc(C=NNc2cc(N3CCOCC3)nc(OCc3nccc(C)n3)n2)c1. The molecule has 3 heterocycles. The van der Waals surface area contributed by atoms with Crippen LogP contribution in [0.4, 0.5) is 11.6 Å². The molecule has 1 aliphatic rings. The van der Waals surface area contributed by atoms with Gasteiger partial charge >= 0.3 is 6.01 Å². The fourth-order valence-corrected chi connectivity index (χ4v) is 3.11. The van der Waals surface area contributed by atoms with Gasteiger partial charge in [0, 0.05) is 31.0 Å². The normalized spacial score (nSPS) is 14.1. The van der Waals surface area contributed by atoms with Crippen LogP contribution in [0.25, 0.3) is 0 Å². The van der Waals surface area contributed by atoms with Crippen LogP contribution in [-0.4, -0.2) is 52.5 Å². The zero-order valence-corrected chi connectivity index (χ0v) is 17.7. The van der Waals surface area contributed by atoms with Gasteiger partial charge < -0.3 is 14.4 Å². The van der Waals surface area contributed by atoms with E-state index in [4.69, 9.17) is 9.47 Å². The number of morpholine rings is 1. The van der Waals surface area contributed by atoms with Crippen LogP contribution in [0.1, 0.15) is 22.6 Å². The van der Waals surface area contributed by atoms with Crippen molar-refractivity contribution in [1.82, 2.24) is 19.9 Å². The molecule has 160 valence electrons. The van der Waals surface area contributed by atoms with Crippen molar-refractivity contribution >= 4 is 17.9 Å². The van der Waals surface area contributed by atoms with Gasteiger partial charge in [0.2, 0.25) is 0 Å². The number of hydrazone groups is 1. The molecule has 1 aromatic carbocycles. The Morgan fingerprint density at radius 2 is 2.00 bits per heavy atom. The summed E-state index contributed by atoms with van der Waals surface area (Å²) in [6, 6.07) is 12.0. The molecular formula is C22H25N7O2. The standard InChI is InChI=1S/C22H25N7O2/c1-16-4-3-5-18(12-16)14-24-28-19-13-21(29-8-10-30-11-9-29)27-22(26-19)31-15-20-23-7-6-17(2)25-20/h3-7,12-14H,8-11,15H2,1-2H3,(H,26,27,28). The zero-order valence-electron chi connectivity index (χ0n) is 17.7. The summed E-state index contributed by atoms with van der Waals surface area (Å²) in [4.78, 5) is 19.7. The molecule has 9 heteroatoms. The van der Waals surface area contributed by atoms with Gasteiger partial charge in [0.25, 0.3) is 0 Å². The lowest BCUT2D eigenvalue weighted by molar-refractivity contribution is 0.122. The van der Waals surface area contributed by atoms with Gasteiger partial charge in [-0.25, -0.2) is 9.97 Å². The Bertz CT molecular complexity index is 1050. The van der Waals surface area contributed by atoms with Crippen LogP contribution in [0.15, 0.2) is 47.7 Å². The topological polar surface area (TPSA) is 97.7 Å². The summed E-state index contributed by atoms with van der Waals surface area (Å²) in [7, 11) is 0. The van der Waals surface area contributed by atoms with Crippen LogP contribution in [-0.2, 0) is 11.3 Å². The van der Waals surface area contributed by atoms with E-state index in [2.05, 4.69) is 41.4 Å². The van der Waals surface area contributed by atoms with Crippen molar-refractivity contribution < 1.29 is 9.47 Å². The second-order valence-corrected chi connectivity index (χ2v) is 7.18. The highest BCUT2D eigenvalue weighted by Gasteiger charge is 2.16. The number of aromatic nitrogens is 4. The van der Waals surface area contributed by atoms with Gasteiger partial charge in [-0.15, -0.1) is 0 Å². The molecule has 9 nitrogen and oxygen atoms in total. The summed E-state index contributed by atoms with van der Waals surface area (Å²) in [5.74, 6) is 1.87. The Morgan fingerprint density at radius 1 is 1.13 bits per heavy atom. The van der Waals surface area contributed by atoms with Gasteiger partial charge in [-0.2, -0.15) is 15.1 Å². The largest absolute Gasteiger partial charge is 0.455 e. The number of hydrogen-bond donors (Lipinski definition) is 1. The van der Waals surface area contributed by atoms with Gasteiger partial charge in [-0.3, -0.25) is 5.43 Å². The predicted molar refractivity (Wildman–Crippen MR) is 119 cm³/mol. The van der Waals surface area contributed by atoms with E-state index >= 15 is 0 Å². The quantitative estimate of drug-likeness (QED) is 0.461. The third-order valence-corrected chi connectivity index (χ3v) is 4.64. The highest BCUT2D eigenvalue weighted by molar-refractivity contribution is 5.80. The highest BCUT2D eigenvalue weighted by atomic mass is 16.5. The monoisotopic (exact) mass is 419 g/mol. The van der Waals surface area contributed by atoms with Gasteiger partial charge in [-0.1, -0.05) is 29.8 Å². The van der Waals surface area contributed by atoms with Crippen LogP contribution >= 0.6 is 0 Å².